The average molecular weight is 399 g/mol. The van der Waals surface area contributed by atoms with Crippen LogP contribution in [0.2, 0.25) is 0 Å². The molecule has 146 valence electrons. The van der Waals surface area contributed by atoms with Crippen molar-refractivity contribution in [2.45, 2.75) is 12.8 Å². The number of anilines is 1. The number of aryl methyl sites for hydroxylation is 1. The summed E-state index contributed by atoms with van der Waals surface area (Å²) in [6.07, 6.45) is 3.16. The Morgan fingerprint density at radius 3 is 2.93 bits per heavy atom. The summed E-state index contributed by atoms with van der Waals surface area (Å²) in [6, 6.07) is 7.77. The Morgan fingerprint density at radius 1 is 1.32 bits per heavy atom. The molecule has 1 atom stereocenters. The third kappa shape index (κ3) is 3.57. The zero-order chi connectivity index (χ0) is 19.7. The molecule has 2 aromatic heterocycles. The Morgan fingerprint density at radius 2 is 2.14 bits per heavy atom. The molecule has 0 spiro atoms. The number of amides is 2. The first-order valence-electron chi connectivity index (χ1n) is 9.08. The minimum absolute atomic E-state index is 0.102. The van der Waals surface area contributed by atoms with E-state index in [0.29, 0.717) is 29.7 Å². The van der Waals surface area contributed by atoms with Crippen molar-refractivity contribution >= 4 is 38.5 Å². The second-order valence-corrected chi connectivity index (χ2v) is 7.82. The van der Waals surface area contributed by atoms with Gasteiger partial charge in [0.25, 0.3) is 5.91 Å². The number of nitrogens with one attached hydrogen (secondary N) is 1. The van der Waals surface area contributed by atoms with Gasteiger partial charge in [-0.05, 0) is 25.0 Å². The fourth-order valence-corrected chi connectivity index (χ4v) is 4.31. The number of para-hydroxylation sites is 1. The topological polar surface area (TPSA) is 89.4 Å². The molecule has 0 bridgehead atoms. The molecular weight excluding hydrogens is 378 g/mol. The zero-order valence-corrected chi connectivity index (χ0v) is 16.5. The summed E-state index contributed by atoms with van der Waals surface area (Å²) in [5, 5.41) is 7.64. The molecule has 1 aliphatic heterocycles. The van der Waals surface area contributed by atoms with Crippen LogP contribution in [0, 0.1) is 5.92 Å². The third-order valence-electron chi connectivity index (χ3n) is 4.82. The van der Waals surface area contributed by atoms with Crippen LogP contribution in [0.5, 0.6) is 5.88 Å². The molecule has 1 aliphatic rings. The van der Waals surface area contributed by atoms with Crippen LogP contribution in [0.15, 0.2) is 30.5 Å². The number of hydrogen-bond donors (Lipinski definition) is 1. The van der Waals surface area contributed by atoms with Gasteiger partial charge < -0.3 is 15.0 Å². The maximum absolute atomic E-state index is 12.9. The van der Waals surface area contributed by atoms with Crippen molar-refractivity contribution in [3.63, 3.8) is 0 Å². The highest BCUT2D eigenvalue weighted by Gasteiger charge is 2.31. The van der Waals surface area contributed by atoms with Gasteiger partial charge in [-0.25, -0.2) is 4.98 Å². The first kappa shape index (κ1) is 18.4. The molecule has 1 saturated heterocycles. The van der Waals surface area contributed by atoms with Gasteiger partial charge in [0.05, 0.1) is 23.2 Å². The molecule has 2 amide bonds. The standard InChI is InChI=1S/C19H21N5O3S/c1-23-11-13(17(22-23)27-2)18(26)24-9-5-6-12(10-24)16(25)21-19-20-14-7-3-4-8-15(14)28-19/h3-4,7-8,11-12H,5-6,9-10H2,1-2H3,(H,20,21,25)/t12-/m0/s1. The lowest BCUT2D eigenvalue weighted by Crippen LogP contribution is -2.43. The first-order valence-corrected chi connectivity index (χ1v) is 9.90. The van der Waals surface area contributed by atoms with Crippen LogP contribution in [0.4, 0.5) is 5.13 Å². The summed E-state index contributed by atoms with van der Waals surface area (Å²) < 4.78 is 7.77. The lowest BCUT2D eigenvalue weighted by Gasteiger charge is -2.31. The maximum atomic E-state index is 12.9. The van der Waals surface area contributed by atoms with Crippen LogP contribution in [0.25, 0.3) is 10.2 Å². The van der Waals surface area contributed by atoms with Crippen molar-refractivity contribution in [2.24, 2.45) is 13.0 Å². The highest BCUT2D eigenvalue weighted by Crippen LogP contribution is 2.27. The van der Waals surface area contributed by atoms with E-state index in [2.05, 4.69) is 15.4 Å². The number of aromatic nitrogens is 3. The van der Waals surface area contributed by atoms with Crippen molar-refractivity contribution in [1.29, 1.82) is 0 Å². The van der Waals surface area contributed by atoms with E-state index in [9.17, 15) is 9.59 Å². The van der Waals surface area contributed by atoms with Crippen LogP contribution in [0.3, 0.4) is 0 Å². The van der Waals surface area contributed by atoms with Gasteiger partial charge >= 0.3 is 0 Å². The largest absolute Gasteiger partial charge is 0.479 e. The minimum Gasteiger partial charge on any atom is -0.479 e. The van der Waals surface area contributed by atoms with Crippen molar-refractivity contribution in [3.8, 4) is 5.88 Å². The number of carbonyl (C=O) groups is 2. The van der Waals surface area contributed by atoms with Crippen LogP contribution < -0.4 is 10.1 Å². The summed E-state index contributed by atoms with van der Waals surface area (Å²) in [5.41, 5.74) is 1.28. The molecule has 28 heavy (non-hydrogen) atoms. The van der Waals surface area contributed by atoms with Crippen molar-refractivity contribution in [1.82, 2.24) is 19.7 Å². The zero-order valence-electron chi connectivity index (χ0n) is 15.7. The summed E-state index contributed by atoms with van der Waals surface area (Å²) in [6.45, 7) is 0.982. The Kier molecular flexibility index (Phi) is 4.99. The highest BCUT2D eigenvalue weighted by molar-refractivity contribution is 7.22. The molecular formula is C19H21N5O3S. The predicted molar refractivity (Wildman–Crippen MR) is 107 cm³/mol. The number of piperidine rings is 1. The van der Waals surface area contributed by atoms with Crippen LogP contribution in [0.1, 0.15) is 23.2 Å². The minimum atomic E-state index is -0.271. The summed E-state index contributed by atoms with van der Waals surface area (Å²) in [4.78, 5) is 31.8. The second-order valence-electron chi connectivity index (χ2n) is 6.79. The van der Waals surface area contributed by atoms with Crippen molar-refractivity contribution in [3.05, 3.63) is 36.0 Å². The van der Waals surface area contributed by atoms with Gasteiger partial charge in [-0.15, -0.1) is 5.10 Å². The smallest absolute Gasteiger partial charge is 0.260 e. The van der Waals surface area contributed by atoms with E-state index in [1.807, 2.05) is 24.3 Å². The Bertz CT molecular complexity index is 995. The van der Waals surface area contributed by atoms with Crippen LogP contribution >= 0.6 is 11.3 Å². The fourth-order valence-electron chi connectivity index (χ4n) is 3.44. The van der Waals surface area contributed by atoms with E-state index in [1.54, 1.807) is 22.8 Å². The molecule has 0 radical (unpaired) electrons. The Labute approximate surface area is 166 Å². The van der Waals surface area contributed by atoms with Crippen molar-refractivity contribution < 1.29 is 14.3 Å². The normalized spacial score (nSPS) is 16.9. The molecule has 0 aliphatic carbocycles. The number of carbonyl (C=O) groups excluding carboxylic acids is 2. The lowest BCUT2D eigenvalue weighted by atomic mass is 9.96. The summed E-state index contributed by atoms with van der Waals surface area (Å²) >= 11 is 1.45. The van der Waals surface area contributed by atoms with Gasteiger partial charge in [0.2, 0.25) is 11.8 Å². The molecule has 3 heterocycles. The monoisotopic (exact) mass is 399 g/mol. The van der Waals surface area contributed by atoms with E-state index < -0.39 is 0 Å². The quantitative estimate of drug-likeness (QED) is 0.728. The number of fused-ring (bicyclic) bond motifs is 1. The number of ether oxygens (including phenoxy) is 1. The van der Waals surface area contributed by atoms with Gasteiger partial charge in [-0.3, -0.25) is 14.3 Å². The molecule has 4 rings (SSSR count). The molecule has 1 fully saturated rings. The van der Waals surface area contributed by atoms with Crippen LogP contribution in [-0.4, -0.2) is 51.7 Å². The van der Waals surface area contributed by atoms with E-state index >= 15 is 0 Å². The fraction of sp³-hybridized carbons (Fsp3) is 0.368. The highest BCUT2D eigenvalue weighted by atomic mass is 32.1. The number of likely N-dealkylation sites (tertiary alicyclic amines) is 1. The molecule has 3 aromatic rings. The Balaban J connectivity index is 1.45. The number of benzene rings is 1. The molecule has 1 aromatic carbocycles. The molecule has 1 N–H and O–H groups in total. The summed E-state index contributed by atoms with van der Waals surface area (Å²) in [7, 11) is 3.23. The van der Waals surface area contributed by atoms with Gasteiger partial charge in [0.15, 0.2) is 5.13 Å². The molecule has 0 unspecified atom stereocenters. The van der Waals surface area contributed by atoms with E-state index in [4.69, 9.17) is 4.74 Å². The van der Waals surface area contributed by atoms with Gasteiger partial charge in [-0.1, -0.05) is 23.5 Å². The maximum Gasteiger partial charge on any atom is 0.260 e. The number of hydrogen-bond acceptors (Lipinski definition) is 6. The van der Waals surface area contributed by atoms with E-state index in [-0.39, 0.29) is 17.7 Å². The Hall–Kier alpha value is -2.94. The predicted octanol–water partition coefficient (Wildman–Crippen LogP) is 2.53. The lowest BCUT2D eigenvalue weighted by molar-refractivity contribution is -0.121. The average Bonchev–Trinajstić information content (AvgIpc) is 3.29. The summed E-state index contributed by atoms with van der Waals surface area (Å²) in [5.74, 6) is -0.238. The van der Waals surface area contributed by atoms with Gasteiger partial charge in [0.1, 0.15) is 5.56 Å². The number of methoxy groups -OCH3 is 1. The number of rotatable bonds is 4. The number of thiazole rings is 1. The van der Waals surface area contributed by atoms with E-state index in [0.717, 1.165) is 23.1 Å². The SMILES string of the molecule is COc1nn(C)cc1C(=O)N1CCC[C@H](C(=O)Nc2nc3ccccc3s2)C1. The molecule has 8 nitrogen and oxygen atoms in total. The van der Waals surface area contributed by atoms with Crippen LogP contribution in [-0.2, 0) is 11.8 Å². The van der Waals surface area contributed by atoms with Crippen molar-refractivity contribution in [2.75, 3.05) is 25.5 Å². The second kappa shape index (κ2) is 7.59. The third-order valence-corrected chi connectivity index (χ3v) is 5.77. The van der Waals surface area contributed by atoms with Gasteiger partial charge in [0, 0.05) is 26.3 Å². The molecule has 0 saturated carbocycles. The van der Waals surface area contributed by atoms with E-state index in [1.165, 1.54) is 18.4 Å². The molecule has 9 heteroatoms. The first-order chi connectivity index (χ1) is 13.5. The number of nitrogens with zero attached hydrogens (tertiary/aromatic N) is 4. The van der Waals surface area contributed by atoms with Gasteiger partial charge in [-0.2, -0.15) is 0 Å².